The molecule has 6 heteroatoms. The molecule has 0 aliphatic heterocycles. The molecular weight excluding hydrogens is 280 g/mol. The third-order valence-corrected chi connectivity index (χ3v) is 3.38. The van der Waals surface area contributed by atoms with Crippen molar-refractivity contribution in [1.82, 2.24) is 19.9 Å². The molecule has 1 aromatic carbocycles. The van der Waals surface area contributed by atoms with Crippen LogP contribution in [0, 0.1) is 6.92 Å². The van der Waals surface area contributed by atoms with E-state index in [1.165, 1.54) is 0 Å². The Kier molecular flexibility index (Phi) is 5.52. The van der Waals surface area contributed by atoms with Crippen molar-refractivity contribution in [1.29, 1.82) is 0 Å². The van der Waals surface area contributed by atoms with E-state index in [-0.39, 0.29) is 12.5 Å². The highest BCUT2D eigenvalue weighted by molar-refractivity contribution is 5.75. The minimum absolute atomic E-state index is 0.0426. The van der Waals surface area contributed by atoms with Gasteiger partial charge < -0.3 is 9.64 Å². The van der Waals surface area contributed by atoms with E-state index in [9.17, 15) is 4.79 Å². The first-order valence-corrected chi connectivity index (χ1v) is 7.48. The van der Waals surface area contributed by atoms with Crippen LogP contribution in [-0.4, -0.2) is 38.9 Å². The number of amides is 1. The van der Waals surface area contributed by atoms with Gasteiger partial charge in [-0.2, -0.15) is 0 Å². The van der Waals surface area contributed by atoms with Crippen LogP contribution in [0.25, 0.3) is 0 Å². The van der Waals surface area contributed by atoms with Crippen LogP contribution in [-0.2, 0) is 17.9 Å². The van der Waals surface area contributed by atoms with Crippen LogP contribution >= 0.6 is 0 Å². The average molecular weight is 302 g/mol. The Morgan fingerprint density at radius 3 is 2.77 bits per heavy atom. The SMILES string of the molecule is CCN(CC)C(=O)Cn1cc(COc2cccc(C)c2)nn1. The summed E-state index contributed by atoms with van der Waals surface area (Å²) in [5.74, 6) is 0.842. The van der Waals surface area contributed by atoms with Gasteiger partial charge in [0.15, 0.2) is 0 Å². The molecule has 1 aromatic heterocycles. The van der Waals surface area contributed by atoms with Crippen LogP contribution < -0.4 is 4.74 Å². The molecule has 22 heavy (non-hydrogen) atoms. The van der Waals surface area contributed by atoms with Gasteiger partial charge in [-0.3, -0.25) is 4.79 Å². The lowest BCUT2D eigenvalue weighted by molar-refractivity contribution is -0.131. The quantitative estimate of drug-likeness (QED) is 0.785. The molecule has 0 aliphatic carbocycles. The highest BCUT2D eigenvalue weighted by atomic mass is 16.5. The molecule has 0 bridgehead atoms. The van der Waals surface area contributed by atoms with Gasteiger partial charge in [-0.25, -0.2) is 4.68 Å². The summed E-state index contributed by atoms with van der Waals surface area (Å²) in [4.78, 5) is 13.8. The zero-order valence-corrected chi connectivity index (χ0v) is 13.3. The van der Waals surface area contributed by atoms with E-state index in [0.29, 0.717) is 25.4 Å². The van der Waals surface area contributed by atoms with Crippen LogP contribution in [0.4, 0.5) is 0 Å². The normalized spacial score (nSPS) is 10.5. The van der Waals surface area contributed by atoms with Gasteiger partial charge in [0.25, 0.3) is 0 Å². The number of hydrogen-bond acceptors (Lipinski definition) is 4. The van der Waals surface area contributed by atoms with Gasteiger partial charge >= 0.3 is 0 Å². The van der Waals surface area contributed by atoms with Crippen LogP contribution in [0.5, 0.6) is 5.75 Å². The summed E-state index contributed by atoms with van der Waals surface area (Å²) in [5, 5.41) is 8.01. The molecule has 0 fully saturated rings. The zero-order valence-electron chi connectivity index (χ0n) is 13.3. The predicted octanol–water partition coefficient (Wildman–Crippen LogP) is 2.03. The predicted molar refractivity (Wildman–Crippen MR) is 83.5 cm³/mol. The van der Waals surface area contributed by atoms with Gasteiger partial charge in [-0.15, -0.1) is 5.10 Å². The Morgan fingerprint density at radius 1 is 1.32 bits per heavy atom. The molecular formula is C16H22N4O2. The van der Waals surface area contributed by atoms with Crippen LogP contribution in [0.3, 0.4) is 0 Å². The largest absolute Gasteiger partial charge is 0.487 e. The zero-order chi connectivity index (χ0) is 15.9. The molecule has 0 atom stereocenters. The van der Waals surface area contributed by atoms with Crippen molar-refractivity contribution < 1.29 is 9.53 Å². The fraction of sp³-hybridized carbons (Fsp3) is 0.438. The van der Waals surface area contributed by atoms with Crippen LogP contribution in [0.2, 0.25) is 0 Å². The smallest absolute Gasteiger partial charge is 0.244 e. The summed E-state index contributed by atoms with van der Waals surface area (Å²) in [6.45, 7) is 7.89. The average Bonchev–Trinajstić information content (AvgIpc) is 2.94. The molecule has 6 nitrogen and oxygen atoms in total. The lowest BCUT2D eigenvalue weighted by Gasteiger charge is -2.17. The summed E-state index contributed by atoms with van der Waals surface area (Å²) < 4.78 is 7.22. The van der Waals surface area contributed by atoms with Crippen molar-refractivity contribution >= 4 is 5.91 Å². The first-order chi connectivity index (χ1) is 10.6. The van der Waals surface area contributed by atoms with Crippen molar-refractivity contribution in [2.24, 2.45) is 0 Å². The number of nitrogens with zero attached hydrogens (tertiary/aromatic N) is 4. The summed E-state index contributed by atoms with van der Waals surface area (Å²) in [6, 6.07) is 7.84. The Bertz CT molecular complexity index is 620. The molecule has 1 amide bonds. The van der Waals surface area contributed by atoms with Crippen molar-refractivity contribution in [3.8, 4) is 5.75 Å². The molecule has 0 N–H and O–H groups in total. The number of ether oxygens (including phenoxy) is 1. The van der Waals surface area contributed by atoms with Gasteiger partial charge in [0, 0.05) is 13.1 Å². The van der Waals surface area contributed by atoms with E-state index < -0.39 is 0 Å². The highest BCUT2D eigenvalue weighted by Gasteiger charge is 2.11. The van der Waals surface area contributed by atoms with Gasteiger partial charge in [-0.1, -0.05) is 17.3 Å². The first-order valence-electron chi connectivity index (χ1n) is 7.48. The van der Waals surface area contributed by atoms with Crippen molar-refractivity contribution in [3.05, 3.63) is 41.7 Å². The number of aromatic nitrogens is 3. The minimum Gasteiger partial charge on any atom is -0.487 e. The van der Waals surface area contributed by atoms with E-state index >= 15 is 0 Å². The Hall–Kier alpha value is -2.37. The second kappa shape index (κ2) is 7.59. The van der Waals surface area contributed by atoms with E-state index in [0.717, 1.165) is 11.3 Å². The van der Waals surface area contributed by atoms with Gasteiger partial charge in [-0.05, 0) is 38.5 Å². The maximum atomic E-state index is 12.0. The van der Waals surface area contributed by atoms with Crippen molar-refractivity contribution in [3.63, 3.8) is 0 Å². The number of likely N-dealkylation sites (N-methyl/N-ethyl adjacent to an activating group) is 1. The maximum absolute atomic E-state index is 12.0. The van der Waals surface area contributed by atoms with Crippen molar-refractivity contribution in [2.45, 2.75) is 33.9 Å². The third-order valence-electron chi connectivity index (χ3n) is 3.38. The standard InChI is InChI=1S/C16H22N4O2/c1-4-19(5-2)16(21)11-20-10-14(17-18-20)12-22-15-8-6-7-13(3)9-15/h6-10H,4-5,11-12H2,1-3H3. The van der Waals surface area contributed by atoms with Crippen LogP contribution in [0.1, 0.15) is 25.1 Å². The fourth-order valence-electron chi connectivity index (χ4n) is 2.16. The molecule has 2 aromatic rings. The second-order valence-corrected chi connectivity index (χ2v) is 5.08. The number of benzene rings is 1. The van der Waals surface area contributed by atoms with E-state index in [2.05, 4.69) is 10.3 Å². The van der Waals surface area contributed by atoms with Gasteiger partial charge in [0.2, 0.25) is 5.91 Å². The number of carbonyl (C=O) groups is 1. The second-order valence-electron chi connectivity index (χ2n) is 5.08. The maximum Gasteiger partial charge on any atom is 0.244 e. The van der Waals surface area contributed by atoms with E-state index in [1.807, 2.05) is 45.0 Å². The summed E-state index contributed by atoms with van der Waals surface area (Å²) in [5.41, 5.74) is 1.85. The lowest BCUT2D eigenvalue weighted by Crippen LogP contribution is -2.33. The monoisotopic (exact) mass is 302 g/mol. The molecule has 118 valence electrons. The third kappa shape index (κ3) is 4.31. The molecule has 0 saturated carbocycles. The molecule has 2 rings (SSSR count). The molecule has 1 heterocycles. The first kappa shape index (κ1) is 16.0. The number of rotatable bonds is 7. The van der Waals surface area contributed by atoms with Crippen LogP contribution in [0.15, 0.2) is 30.5 Å². The molecule has 0 spiro atoms. The van der Waals surface area contributed by atoms with E-state index in [4.69, 9.17) is 4.74 Å². The number of aryl methyl sites for hydroxylation is 1. The van der Waals surface area contributed by atoms with E-state index in [1.54, 1.807) is 15.8 Å². The number of carbonyl (C=O) groups excluding carboxylic acids is 1. The number of hydrogen-bond donors (Lipinski definition) is 0. The Morgan fingerprint density at radius 2 is 2.09 bits per heavy atom. The fourth-order valence-corrected chi connectivity index (χ4v) is 2.16. The molecule has 0 saturated heterocycles. The lowest BCUT2D eigenvalue weighted by atomic mass is 10.2. The van der Waals surface area contributed by atoms with Gasteiger partial charge in [0.1, 0.15) is 24.6 Å². The molecule has 0 aliphatic rings. The Balaban J connectivity index is 1.90. The summed E-state index contributed by atoms with van der Waals surface area (Å²) in [6.07, 6.45) is 1.75. The summed E-state index contributed by atoms with van der Waals surface area (Å²) in [7, 11) is 0. The van der Waals surface area contributed by atoms with Crippen molar-refractivity contribution in [2.75, 3.05) is 13.1 Å². The summed E-state index contributed by atoms with van der Waals surface area (Å²) >= 11 is 0. The highest BCUT2D eigenvalue weighted by Crippen LogP contribution is 2.13. The Labute approximate surface area is 130 Å². The van der Waals surface area contributed by atoms with Gasteiger partial charge in [0.05, 0.1) is 6.20 Å². The topological polar surface area (TPSA) is 60.2 Å². The molecule has 0 unspecified atom stereocenters. The minimum atomic E-state index is 0.0426. The molecule has 0 radical (unpaired) electrons.